The average molecular weight is 353 g/mol. The number of esters is 1. The molecule has 0 aliphatic rings. The third-order valence-corrected chi connectivity index (χ3v) is 3.57. The van der Waals surface area contributed by atoms with E-state index in [-0.39, 0.29) is 18.0 Å². The SMILES string of the molecule is COc1cc(C#N)ccc1OC(=O)CCCOc1ccc(C(C)=O)cc1. The van der Waals surface area contributed by atoms with Gasteiger partial charge in [0.2, 0.25) is 0 Å². The van der Waals surface area contributed by atoms with Crippen molar-refractivity contribution in [3.63, 3.8) is 0 Å². The van der Waals surface area contributed by atoms with Gasteiger partial charge in [-0.2, -0.15) is 5.26 Å². The van der Waals surface area contributed by atoms with Crippen LogP contribution in [-0.2, 0) is 4.79 Å². The normalized spacial score (nSPS) is 9.88. The van der Waals surface area contributed by atoms with E-state index in [1.54, 1.807) is 30.3 Å². The van der Waals surface area contributed by atoms with E-state index >= 15 is 0 Å². The van der Waals surface area contributed by atoms with Crippen LogP contribution >= 0.6 is 0 Å². The van der Waals surface area contributed by atoms with Gasteiger partial charge in [0.05, 0.1) is 25.3 Å². The molecular weight excluding hydrogens is 334 g/mol. The van der Waals surface area contributed by atoms with Crippen molar-refractivity contribution in [2.24, 2.45) is 0 Å². The van der Waals surface area contributed by atoms with Gasteiger partial charge >= 0.3 is 5.97 Å². The standard InChI is InChI=1S/C20H19NO5/c1-14(22)16-6-8-17(9-7-16)25-11-3-4-20(23)26-18-10-5-15(13-21)12-19(18)24-2/h5-10,12H,3-4,11H2,1-2H3. The number of rotatable bonds is 8. The molecule has 0 saturated carbocycles. The van der Waals surface area contributed by atoms with Crippen LogP contribution in [0, 0.1) is 11.3 Å². The molecule has 0 bridgehead atoms. The fourth-order valence-corrected chi connectivity index (χ4v) is 2.19. The van der Waals surface area contributed by atoms with E-state index in [1.165, 1.54) is 26.2 Å². The van der Waals surface area contributed by atoms with Crippen LogP contribution in [0.15, 0.2) is 42.5 Å². The molecule has 0 heterocycles. The summed E-state index contributed by atoms with van der Waals surface area (Å²) in [7, 11) is 1.44. The molecule has 134 valence electrons. The summed E-state index contributed by atoms with van der Waals surface area (Å²) in [4.78, 5) is 23.1. The number of ketones is 1. The fraction of sp³-hybridized carbons (Fsp3) is 0.250. The van der Waals surface area contributed by atoms with Crippen molar-refractivity contribution in [3.05, 3.63) is 53.6 Å². The molecule has 0 N–H and O–H groups in total. The number of carbonyl (C=O) groups excluding carboxylic acids is 2. The van der Waals surface area contributed by atoms with Gasteiger partial charge in [-0.15, -0.1) is 0 Å². The van der Waals surface area contributed by atoms with E-state index in [4.69, 9.17) is 19.5 Å². The zero-order valence-electron chi connectivity index (χ0n) is 14.7. The smallest absolute Gasteiger partial charge is 0.311 e. The number of nitriles is 1. The van der Waals surface area contributed by atoms with Gasteiger partial charge in [0, 0.05) is 18.1 Å². The predicted octanol–water partition coefficient (Wildman–Crippen LogP) is 3.53. The molecule has 0 amide bonds. The summed E-state index contributed by atoms with van der Waals surface area (Å²) in [6.07, 6.45) is 0.653. The second-order valence-electron chi connectivity index (χ2n) is 5.48. The van der Waals surface area contributed by atoms with Crippen molar-refractivity contribution < 1.29 is 23.8 Å². The zero-order chi connectivity index (χ0) is 18.9. The molecule has 6 heteroatoms. The minimum Gasteiger partial charge on any atom is -0.494 e. The van der Waals surface area contributed by atoms with E-state index in [2.05, 4.69) is 0 Å². The van der Waals surface area contributed by atoms with Gasteiger partial charge in [0.1, 0.15) is 5.75 Å². The Hall–Kier alpha value is -3.33. The highest BCUT2D eigenvalue weighted by atomic mass is 16.6. The number of hydrogen-bond donors (Lipinski definition) is 0. The Balaban J connectivity index is 1.79. The topological polar surface area (TPSA) is 85.6 Å². The van der Waals surface area contributed by atoms with Gasteiger partial charge < -0.3 is 14.2 Å². The number of benzene rings is 2. The van der Waals surface area contributed by atoms with Gasteiger partial charge in [0.15, 0.2) is 17.3 Å². The van der Waals surface area contributed by atoms with Crippen molar-refractivity contribution in [2.75, 3.05) is 13.7 Å². The quantitative estimate of drug-likeness (QED) is 0.312. The maximum atomic E-state index is 11.9. The number of Topliss-reactive ketones (excluding diaryl/α,β-unsaturated/α-hetero) is 1. The van der Waals surface area contributed by atoms with E-state index < -0.39 is 5.97 Å². The lowest BCUT2D eigenvalue weighted by Crippen LogP contribution is -2.10. The molecule has 0 radical (unpaired) electrons. The lowest BCUT2D eigenvalue weighted by atomic mass is 10.1. The van der Waals surface area contributed by atoms with E-state index in [9.17, 15) is 9.59 Å². The Morgan fingerprint density at radius 1 is 1.08 bits per heavy atom. The summed E-state index contributed by atoms with van der Waals surface area (Å²) in [5, 5.41) is 8.87. The Labute approximate surface area is 151 Å². The first kappa shape index (κ1) is 19.0. The predicted molar refractivity (Wildman–Crippen MR) is 94.5 cm³/mol. The van der Waals surface area contributed by atoms with Gasteiger partial charge in [-0.1, -0.05) is 0 Å². The summed E-state index contributed by atoms with van der Waals surface area (Å²) in [6, 6.07) is 13.4. The van der Waals surface area contributed by atoms with Gasteiger partial charge in [0.25, 0.3) is 0 Å². The summed E-state index contributed by atoms with van der Waals surface area (Å²) >= 11 is 0. The Morgan fingerprint density at radius 2 is 1.81 bits per heavy atom. The summed E-state index contributed by atoms with van der Waals surface area (Å²) in [5.41, 5.74) is 1.04. The largest absolute Gasteiger partial charge is 0.494 e. The lowest BCUT2D eigenvalue weighted by molar-refractivity contribution is -0.134. The van der Waals surface area contributed by atoms with Gasteiger partial charge in [-0.25, -0.2) is 0 Å². The minimum atomic E-state index is -0.413. The maximum absolute atomic E-state index is 11.9. The molecule has 6 nitrogen and oxygen atoms in total. The third-order valence-electron chi connectivity index (χ3n) is 3.57. The van der Waals surface area contributed by atoms with Crippen LogP contribution in [0.25, 0.3) is 0 Å². The van der Waals surface area contributed by atoms with Crippen molar-refractivity contribution in [3.8, 4) is 23.3 Å². The highest BCUT2D eigenvalue weighted by Gasteiger charge is 2.11. The average Bonchev–Trinajstić information content (AvgIpc) is 2.66. The van der Waals surface area contributed by atoms with Crippen LogP contribution in [0.3, 0.4) is 0 Å². The van der Waals surface area contributed by atoms with Gasteiger partial charge in [-0.05, 0) is 49.7 Å². The third kappa shape index (κ3) is 5.35. The van der Waals surface area contributed by atoms with E-state index in [0.29, 0.717) is 35.7 Å². The van der Waals surface area contributed by atoms with Crippen LogP contribution in [-0.4, -0.2) is 25.5 Å². The lowest BCUT2D eigenvalue weighted by Gasteiger charge is -2.10. The molecule has 0 fully saturated rings. The Kier molecular flexibility index (Phi) is 6.75. The zero-order valence-corrected chi connectivity index (χ0v) is 14.7. The molecular formula is C20H19NO5. The van der Waals surface area contributed by atoms with E-state index in [0.717, 1.165) is 0 Å². The van der Waals surface area contributed by atoms with Crippen molar-refractivity contribution in [1.29, 1.82) is 5.26 Å². The fourth-order valence-electron chi connectivity index (χ4n) is 2.19. The number of ether oxygens (including phenoxy) is 3. The molecule has 0 aromatic heterocycles. The molecule has 26 heavy (non-hydrogen) atoms. The molecule has 0 unspecified atom stereocenters. The molecule has 0 spiro atoms. The first-order valence-corrected chi connectivity index (χ1v) is 8.06. The number of nitrogens with zero attached hydrogens (tertiary/aromatic N) is 1. The molecule has 0 aliphatic heterocycles. The first-order chi connectivity index (χ1) is 12.5. The van der Waals surface area contributed by atoms with Crippen LogP contribution in [0.2, 0.25) is 0 Å². The minimum absolute atomic E-state index is 0.00229. The summed E-state index contributed by atoms with van der Waals surface area (Å²) in [6.45, 7) is 1.85. The summed E-state index contributed by atoms with van der Waals surface area (Å²) < 4.78 is 15.9. The molecule has 0 aliphatic carbocycles. The number of methoxy groups -OCH3 is 1. The van der Waals surface area contributed by atoms with Crippen LogP contribution in [0.1, 0.15) is 35.7 Å². The molecule has 2 aromatic carbocycles. The number of carbonyl (C=O) groups is 2. The van der Waals surface area contributed by atoms with Crippen LogP contribution in [0.5, 0.6) is 17.2 Å². The first-order valence-electron chi connectivity index (χ1n) is 8.06. The second-order valence-corrected chi connectivity index (χ2v) is 5.48. The van der Waals surface area contributed by atoms with Crippen LogP contribution in [0.4, 0.5) is 0 Å². The van der Waals surface area contributed by atoms with E-state index in [1.807, 2.05) is 6.07 Å². The molecule has 0 saturated heterocycles. The van der Waals surface area contributed by atoms with Crippen molar-refractivity contribution in [1.82, 2.24) is 0 Å². The molecule has 0 atom stereocenters. The van der Waals surface area contributed by atoms with Crippen LogP contribution < -0.4 is 14.2 Å². The molecule has 2 aromatic rings. The Morgan fingerprint density at radius 3 is 2.42 bits per heavy atom. The van der Waals surface area contributed by atoms with Gasteiger partial charge in [-0.3, -0.25) is 9.59 Å². The molecule has 2 rings (SSSR count). The van der Waals surface area contributed by atoms with Crippen molar-refractivity contribution >= 4 is 11.8 Å². The maximum Gasteiger partial charge on any atom is 0.311 e. The monoisotopic (exact) mass is 353 g/mol. The summed E-state index contributed by atoms with van der Waals surface area (Å²) in [5.74, 6) is 0.828. The highest BCUT2D eigenvalue weighted by Crippen LogP contribution is 2.28. The van der Waals surface area contributed by atoms with Crippen molar-refractivity contribution in [2.45, 2.75) is 19.8 Å². The highest BCUT2D eigenvalue weighted by molar-refractivity contribution is 5.94. The second kappa shape index (κ2) is 9.23. The Bertz CT molecular complexity index is 821. The number of hydrogen-bond acceptors (Lipinski definition) is 6.